The molecule has 3 rings (SSSR count). The molecule has 0 amide bonds. The molecule has 30 heavy (non-hydrogen) atoms. The van der Waals surface area contributed by atoms with E-state index in [1.807, 2.05) is 19.1 Å². The maximum atomic E-state index is 14.3. The lowest BCUT2D eigenvalue weighted by molar-refractivity contribution is -0.0318. The first kappa shape index (κ1) is 22.8. The summed E-state index contributed by atoms with van der Waals surface area (Å²) in [6.07, 6.45) is 5.31. The zero-order valence-corrected chi connectivity index (χ0v) is 18.5. The topological polar surface area (TPSA) is 58.1 Å². The lowest BCUT2D eigenvalue weighted by Crippen LogP contribution is -2.51. The van der Waals surface area contributed by atoms with Crippen LogP contribution < -0.4 is 15.5 Å². The smallest absolute Gasteiger partial charge is 0.191 e. The molecule has 7 heteroatoms. The number of guanidine groups is 1. The van der Waals surface area contributed by atoms with Gasteiger partial charge in [-0.15, -0.1) is 0 Å². The molecule has 2 aliphatic heterocycles. The molecule has 1 unspecified atom stereocenters. The Morgan fingerprint density at radius 2 is 2.13 bits per heavy atom. The molecule has 0 bridgehead atoms. The van der Waals surface area contributed by atoms with Crippen LogP contribution in [-0.4, -0.2) is 64.1 Å². The number of hydrogen-bond donors (Lipinski definition) is 2. The summed E-state index contributed by atoms with van der Waals surface area (Å²) in [4.78, 5) is 6.86. The Bertz CT molecular complexity index is 679. The summed E-state index contributed by atoms with van der Waals surface area (Å²) in [5.74, 6) is 0.687. The number of benzene rings is 1. The first-order valence-corrected chi connectivity index (χ1v) is 11.4. The SMILES string of the molecule is CCNC(=NCCCOC1CCOCC1)NC1CCCN(c2cc(C)ccc2F)C1. The molecule has 0 radical (unpaired) electrons. The fourth-order valence-electron chi connectivity index (χ4n) is 4.04. The van der Waals surface area contributed by atoms with Gasteiger partial charge in [-0.3, -0.25) is 4.99 Å². The number of halogens is 1. The highest BCUT2D eigenvalue weighted by Gasteiger charge is 2.23. The Hall–Kier alpha value is -1.86. The zero-order valence-electron chi connectivity index (χ0n) is 18.5. The first-order chi connectivity index (χ1) is 14.7. The van der Waals surface area contributed by atoms with Crippen LogP contribution in [0.5, 0.6) is 0 Å². The summed E-state index contributed by atoms with van der Waals surface area (Å²) in [6.45, 7) is 9.62. The van der Waals surface area contributed by atoms with Crippen LogP contribution in [0.3, 0.4) is 0 Å². The Morgan fingerprint density at radius 3 is 2.93 bits per heavy atom. The summed E-state index contributed by atoms with van der Waals surface area (Å²) < 4.78 is 25.6. The molecule has 1 aromatic rings. The van der Waals surface area contributed by atoms with Crippen LogP contribution >= 0.6 is 0 Å². The van der Waals surface area contributed by atoms with Gasteiger partial charge in [0.15, 0.2) is 5.96 Å². The van der Waals surface area contributed by atoms with Crippen molar-refractivity contribution in [3.8, 4) is 0 Å². The fourth-order valence-corrected chi connectivity index (χ4v) is 4.04. The average Bonchev–Trinajstić information content (AvgIpc) is 2.76. The lowest BCUT2D eigenvalue weighted by Gasteiger charge is -2.35. The predicted molar refractivity (Wildman–Crippen MR) is 120 cm³/mol. The minimum atomic E-state index is -0.147. The highest BCUT2D eigenvalue weighted by Crippen LogP contribution is 2.24. The fraction of sp³-hybridized carbons (Fsp3) is 0.696. The minimum absolute atomic E-state index is 0.147. The van der Waals surface area contributed by atoms with Crippen molar-refractivity contribution in [1.29, 1.82) is 0 Å². The van der Waals surface area contributed by atoms with Crippen LogP contribution in [-0.2, 0) is 9.47 Å². The number of nitrogens with one attached hydrogen (secondary N) is 2. The van der Waals surface area contributed by atoms with Crippen molar-refractivity contribution in [3.63, 3.8) is 0 Å². The van der Waals surface area contributed by atoms with Crippen LogP contribution in [0.2, 0.25) is 0 Å². The Labute approximate surface area is 180 Å². The van der Waals surface area contributed by atoms with Gasteiger partial charge >= 0.3 is 0 Å². The summed E-state index contributed by atoms with van der Waals surface area (Å²) in [5, 5.41) is 6.88. The van der Waals surface area contributed by atoms with Crippen LogP contribution in [0, 0.1) is 12.7 Å². The van der Waals surface area contributed by atoms with E-state index in [1.54, 1.807) is 6.07 Å². The highest BCUT2D eigenvalue weighted by atomic mass is 19.1. The quantitative estimate of drug-likeness (QED) is 0.384. The van der Waals surface area contributed by atoms with E-state index < -0.39 is 0 Å². The number of anilines is 1. The molecule has 6 nitrogen and oxygen atoms in total. The third-order valence-corrected chi connectivity index (χ3v) is 5.64. The van der Waals surface area contributed by atoms with Gasteiger partial charge in [0.1, 0.15) is 5.82 Å². The summed E-state index contributed by atoms with van der Waals surface area (Å²) in [6, 6.07) is 5.57. The molecule has 2 aliphatic rings. The lowest BCUT2D eigenvalue weighted by atomic mass is 10.0. The molecule has 168 valence electrons. The monoisotopic (exact) mass is 420 g/mol. The van der Waals surface area contributed by atoms with Gasteiger partial charge in [0.05, 0.1) is 11.8 Å². The van der Waals surface area contributed by atoms with E-state index in [4.69, 9.17) is 14.5 Å². The van der Waals surface area contributed by atoms with Gasteiger partial charge in [-0.2, -0.15) is 0 Å². The maximum Gasteiger partial charge on any atom is 0.191 e. The maximum absolute atomic E-state index is 14.3. The van der Waals surface area contributed by atoms with Gasteiger partial charge in [-0.1, -0.05) is 6.07 Å². The van der Waals surface area contributed by atoms with Gasteiger partial charge < -0.3 is 25.0 Å². The molecule has 0 aromatic heterocycles. The first-order valence-electron chi connectivity index (χ1n) is 11.4. The highest BCUT2D eigenvalue weighted by molar-refractivity contribution is 5.80. The molecule has 2 fully saturated rings. The van der Waals surface area contributed by atoms with Crippen molar-refractivity contribution in [2.24, 2.45) is 4.99 Å². The van der Waals surface area contributed by atoms with Crippen LogP contribution in [0.15, 0.2) is 23.2 Å². The third kappa shape index (κ3) is 7.13. The normalized spacial score (nSPS) is 21.0. The van der Waals surface area contributed by atoms with E-state index in [0.717, 1.165) is 89.6 Å². The number of rotatable bonds is 8. The molecular formula is C23H37FN4O2. The van der Waals surface area contributed by atoms with Crippen LogP contribution in [0.25, 0.3) is 0 Å². The molecule has 0 aliphatic carbocycles. The van der Waals surface area contributed by atoms with Crippen LogP contribution in [0.4, 0.5) is 10.1 Å². The standard InChI is InChI=1S/C23H37FN4O2/c1-3-25-23(26-11-5-13-30-20-9-14-29-15-10-20)27-19-6-4-12-28(17-19)22-16-18(2)7-8-21(22)24/h7-8,16,19-20H,3-6,9-15,17H2,1-2H3,(H2,25,26,27). The number of ether oxygens (including phenoxy) is 2. The van der Waals surface area contributed by atoms with Crippen molar-refractivity contribution in [1.82, 2.24) is 10.6 Å². The second-order valence-electron chi connectivity index (χ2n) is 8.18. The molecule has 1 aromatic carbocycles. The summed E-state index contributed by atoms with van der Waals surface area (Å²) in [7, 11) is 0. The van der Waals surface area contributed by atoms with Gasteiger partial charge in [0.25, 0.3) is 0 Å². The van der Waals surface area contributed by atoms with E-state index in [0.29, 0.717) is 11.8 Å². The zero-order chi connectivity index (χ0) is 21.2. The van der Waals surface area contributed by atoms with E-state index in [-0.39, 0.29) is 11.9 Å². The second-order valence-corrected chi connectivity index (χ2v) is 8.18. The number of aliphatic imine (C=N–C) groups is 1. The molecule has 2 heterocycles. The molecule has 0 saturated carbocycles. The Balaban J connectivity index is 1.47. The van der Waals surface area contributed by atoms with Gasteiger partial charge in [0.2, 0.25) is 0 Å². The van der Waals surface area contributed by atoms with Gasteiger partial charge in [-0.05, 0) is 63.6 Å². The number of aryl methyl sites for hydroxylation is 1. The van der Waals surface area contributed by atoms with E-state index in [9.17, 15) is 4.39 Å². The van der Waals surface area contributed by atoms with E-state index in [2.05, 4.69) is 22.5 Å². The number of piperidine rings is 1. The summed E-state index contributed by atoms with van der Waals surface area (Å²) >= 11 is 0. The van der Waals surface area contributed by atoms with Crippen molar-refractivity contribution < 1.29 is 13.9 Å². The Kier molecular flexibility index (Phi) is 9.21. The van der Waals surface area contributed by atoms with E-state index in [1.165, 1.54) is 0 Å². The largest absolute Gasteiger partial charge is 0.381 e. The van der Waals surface area contributed by atoms with E-state index >= 15 is 0 Å². The molecule has 1 atom stereocenters. The van der Waals surface area contributed by atoms with Crippen molar-refractivity contribution in [3.05, 3.63) is 29.6 Å². The number of nitrogens with zero attached hydrogens (tertiary/aromatic N) is 2. The number of hydrogen-bond acceptors (Lipinski definition) is 4. The third-order valence-electron chi connectivity index (χ3n) is 5.64. The predicted octanol–water partition coefficient (Wildman–Crippen LogP) is 3.24. The average molecular weight is 421 g/mol. The van der Waals surface area contributed by atoms with Gasteiger partial charge in [0, 0.05) is 52.0 Å². The van der Waals surface area contributed by atoms with Gasteiger partial charge in [-0.25, -0.2) is 4.39 Å². The summed E-state index contributed by atoms with van der Waals surface area (Å²) in [5.41, 5.74) is 1.79. The molecule has 2 N–H and O–H groups in total. The second kappa shape index (κ2) is 12.1. The van der Waals surface area contributed by atoms with Crippen LogP contribution in [0.1, 0.15) is 44.6 Å². The van der Waals surface area contributed by atoms with Crippen molar-refractivity contribution in [2.45, 2.75) is 58.1 Å². The Morgan fingerprint density at radius 1 is 1.30 bits per heavy atom. The van der Waals surface area contributed by atoms with Crippen molar-refractivity contribution in [2.75, 3.05) is 50.9 Å². The molecule has 0 spiro atoms. The molecular weight excluding hydrogens is 383 g/mol. The molecule has 2 saturated heterocycles. The van der Waals surface area contributed by atoms with Crippen molar-refractivity contribution >= 4 is 11.6 Å². The minimum Gasteiger partial charge on any atom is -0.381 e.